The van der Waals surface area contributed by atoms with Crippen LogP contribution in [-0.2, 0) is 0 Å². The van der Waals surface area contributed by atoms with Gasteiger partial charge in [-0.05, 0) is 0 Å². The number of nitrogens with zero attached hydrogens (tertiary/aromatic N) is 3. The van der Waals surface area contributed by atoms with Gasteiger partial charge in [0.15, 0.2) is 0 Å². The molecule has 1 saturated heterocycles. The molecule has 12 heavy (non-hydrogen) atoms. The van der Waals surface area contributed by atoms with Crippen molar-refractivity contribution in [2.75, 3.05) is 18.0 Å². The Morgan fingerprint density at radius 3 is 2.58 bits per heavy atom. The third-order valence-electron chi connectivity index (χ3n) is 1.88. The molecule has 1 aliphatic heterocycles. The minimum absolute atomic E-state index is 0.441. The average Bonchev–Trinajstić information content (AvgIpc) is 2.61. The summed E-state index contributed by atoms with van der Waals surface area (Å²) < 4.78 is 0. The molecule has 6 heteroatoms. The highest BCUT2D eigenvalue weighted by Crippen LogP contribution is 2.21. The molecule has 0 aromatic carbocycles. The third kappa shape index (κ3) is 1.28. The Balaban J connectivity index is 2.09. The molecule has 0 spiro atoms. The Morgan fingerprint density at radius 2 is 2.08 bits per heavy atom. The number of aliphatic hydroxyl groups is 2. The number of hydrogen-bond donors (Lipinski definition) is 2. The van der Waals surface area contributed by atoms with Crippen molar-refractivity contribution < 1.29 is 10.2 Å². The van der Waals surface area contributed by atoms with Gasteiger partial charge in [0.2, 0.25) is 5.13 Å². The number of anilines is 1. The monoisotopic (exact) mass is 187 g/mol. The number of rotatable bonds is 1. The Labute approximate surface area is 73.3 Å². The van der Waals surface area contributed by atoms with E-state index >= 15 is 0 Å². The molecule has 0 bridgehead atoms. The highest BCUT2D eigenvalue weighted by molar-refractivity contribution is 7.13. The molecule has 0 radical (unpaired) electrons. The first kappa shape index (κ1) is 7.90. The second-order valence-electron chi connectivity index (χ2n) is 2.76. The fraction of sp³-hybridized carbons (Fsp3) is 0.667. The maximum Gasteiger partial charge on any atom is 0.208 e. The quantitative estimate of drug-likeness (QED) is 0.595. The summed E-state index contributed by atoms with van der Waals surface area (Å²) >= 11 is 1.41. The maximum atomic E-state index is 9.23. The SMILES string of the molecule is OC1CN(c2nncs2)CC1O. The molecule has 2 rings (SSSR count). The van der Waals surface area contributed by atoms with Gasteiger partial charge in [-0.15, -0.1) is 10.2 Å². The van der Waals surface area contributed by atoms with Crippen molar-refractivity contribution in [3.8, 4) is 0 Å². The fourth-order valence-electron chi connectivity index (χ4n) is 1.23. The van der Waals surface area contributed by atoms with Gasteiger partial charge in [0.25, 0.3) is 0 Å². The lowest BCUT2D eigenvalue weighted by Crippen LogP contribution is -2.22. The fourth-order valence-corrected chi connectivity index (χ4v) is 1.81. The molecule has 0 aliphatic carbocycles. The van der Waals surface area contributed by atoms with E-state index in [0.29, 0.717) is 13.1 Å². The molecule has 2 heterocycles. The van der Waals surface area contributed by atoms with Crippen molar-refractivity contribution in [1.82, 2.24) is 10.2 Å². The molecule has 0 amide bonds. The topological polar surface area (TPSA) is 69.5 Å². The average molecular weight is 187 g/mol. The molecule has 1 aliphatic rings. The summed E-state index contributed by atoms with van der Waals surface area (Å²) in [6, 6.07) is 0. The Morgan fingerprint density at radius 1 is 1.42 bits per heavy atom. The van der Waals surface area contributed by atoms with Crippen LogP contribution in [0.5, 0.6) is 0 Å². The summed E-state index contributed by atoms with van der Waals surface area (Å²) in [6.07, 6.45) is -1.32. The van der Waals surface area contributed by atoms with Gasteiger partial charge in [-0.3, -0.25) is 0 Å². The molecule has 2 unspecified atom stereocenters. The zero-order valence-corrected chi connectivity index (χ0v) is 7.11. The lowest BCUT2D eigenvalue weighted by molar-refractivity contribution is 0.0572. The molecule has 1 fully saturated rings. The van der Waals surface area contributed by atoms with E-state index in [9.17, 15) is 10.2 Å². The summed E-state index contributed by atoms with van der Waals surface area (Å²) in [7, 11) is 0. The summed E-state index contributed by atoms with van der Waals surface area (Å²) in [4.78, 5) is 1.83. The van der Waals surface area contributed by atoms with Crippen LogP contribution >= 0.6 is 11.3 Å². The molecule has 0 saturated carbocycles. The molecule has 2 atom stereocenters. The normalized spacial score (nSPS) is 29.7. The smallest absolute Gasteiger partial charge is 0.208 e. The van der Waals surface area contributed by atoms with Gasteiger partial charge in [-0.2, -0.15) is 0 Å². The zero-order valence-electron chi connectivity index (χ0n) is 6.29. The Bertz CT molecular complexity index is 243. The molecule has 1 aromatic heterocycles. The molecular weight excluding hydrogens is 178 g/mol. The molecule has 2 N–H and O–H groups in total. The lowest BCUT2D eigenvalue weighted by atomic mass is 10.3. The van der Waals surface area contributed by atoms with Crippen LogP contribution in [0.2, 0.25) is 0 Å². The molecule has 66 valence electrons. The highest BCUT2D eigenvalue weighted by Gasteiger charge is 2.30. The van der Waals surface area contributed by atoms with Crippen LogP contribution in [0.25, 0.3) is 0 Å². The van der Waals surface area contributed by atoms with E-state index < -0.39 is 12.2 Å². The standard InChI is InChI=1S/C6H9N3O2S/c10-4-1-9(2-5(4)11)6-8-7-3-12-6/h3-5,10-11H,1-2H2. The van der Waals surface area contributed by atoms with Gasteiger partial charge in [-0.25, -0.2) is 0 Å². The summed E-state index contributed by atoms with van der Waals surface area (Å²) in [5.74, 6) is 0. The number of aliphatic hydroxyl groups excluding tert-OH is 2. The van der Waals surface area contributed by atoms with Crippen LogP contribution in [-0.4, -0.2) is 45.7 Å². The zero-order chi connectivity index (χ0) is 8.55. The predicted molar refractivity (Wildman–Crippen MR) is 44.1 cm³/mol. The first-order chi connectivity index (χ1) is 5.77. The van der Waals surface area contributed by atoms with Crippen LogP contribution < -0.4 is 4.90 Å². The number of hydrogen-bond acceptors (Lipinski definition) is 6. The minimum Gasteiger partial charge on any atom is -0.389 e. The van der Waals surface area contributed by atoms with E-state index in [1.54, 1.807) is 5.51 Å². The van der Waals surface area contributed by atoms with Gasteiger partial charge in [0, 0.05) is 13.1 Å². The van der Waals surface area contributed by atoms with E-state index in [4.69, 9.17) is 0 Å². The first-order valence-electron chi connectivity index (χ1n) is 3.64. The predicted octanol–water partition coefficient (Wildman–Crippen LogP) is -0.920. The highest BCUT2D eigenvalue weighted by atomic mass is 32.1. The van der Waals surface area contributed by atoms with Crippen LogP contribution in [0, 0.1) is 0 Å². The van der Waals surface area contributed by atoms with Crippen molar-refractivity contribution in [3.63, 3.8) is 0 Å². The van der Waals surface area contributed by atoms with Crippen LogP contribution in [0.3, 0.4) is 0 Å². The molecule has 5 nitrogen and oxygen atoms in total. The second kappa shape index (κ2) is 2.96. The Kier molecular flexibility index (Phi) is 1.95. The van der Waals surface area contributed by atoms with Crippen LogP contribution in [0.1, 0.15) is 0 Å². The first-order valence-corrected chi connectivity index (χ1v) is 4.52. The van der Waals surface area contributed by atoms with Crippen LogP contribution in [0.15, 0.2) is 5.51 Å². The van der Waals surface area contributed by atoms with E-state index in [0.717, 1.165) is 5.13 Å². The summed E-state index contributed by atoms with van der Waals surface area (Å²) in [6.45, 7) is 0.882. The lowest BCUT2D eigenvalue weighted by Gasteiger charge is -2.11. The van der Waals surface area contributed by atoms with Crippen molar-refractivity contribution >= 4 is 16.5 Å². The van der Waals surface area contributed by atoms with Gasteiger partial charge < -0.3 is 15.1 Å². The van der Waals surface area contributed by atoms with E-state index in [2.05, 4.69) is 10.2 Å². The Hall–Kier alpha value is -0.720. The van der Waals surface area contributed by atoms with Crippen molar-refractivity contribution in [3.05, 3.63) is 5.51 Å². The molecule has 1 aromatic rings. The number of aromatic nitrogens is 2. The molecular formula is C6H9N3O2S. The van der Waals surface area contributed by atoms with Gasteiger partial charge in [-0.1, -0.05) is 11.3 Å². The third-order valence-corrected chi connectivity index (χ3v) is 2.63. The summed E-state index contributed by atoms with van der Waals surface area (Å²) in [5, 5.41) is 26.7. The van der Waals surface area contributed by atoms with Gasteiger partial charge in [0.05, 0.1) is 12.2 Å². The van der Waals surface area contributed by atoms with Crippen molar-refractivity contribution in [2.45, 2.75) is 12.2 Å². The van der Waals surface area contributed by atoms with E-state index in [1.165, 1.54) is 11.3 Å². The second-order valence-corrected chi connectivity index (χ2v) is 3.57. The van der Waals surface area contributed by atoms with Crippen molar-refractivity contribution in [2.24, 2.45) is 0 Å². The van der Waals surface area contributed by atoms with Crippen molar-refractivity contribution in [1.29, 1.82) is 0 Å². The number of β-amino-alcohol motifs (C(OH)–C–C–N with tert-alkyl or cyclic N) is 2. The minimum atomic E-state index is -0.658. The maximum absolute atomic E-state index is 9.23. The summed E-state index contributed by atoms with van der Waals surface area (Å²) in [5.41, 5.74) is 1.63. The largest absolute Gasteiger partial charge is 0.389 e. The van der Waals surface area contributed by atoms with Gasteiger partial charge >= 0.3 is 0 Å². The van der Waals surface area contributed by atoms with E-state index in [-0.39, 0.29) is 0 Å². The van der Waals surface area contributed by atoms with Gasteiger partial charge in [0.1, 0.15) is 5.51 Å². The van der Waals surface area contributed by atoms with Crippen LogP contribution in [0.4, 0.5) is 5.13 Å². The van der Waals surface area contributed by atoms with E-state index in [1.807, 2.05) is 4.90 Å².